The molecule has 0 aromatic carbocycles. The lowest BCUT2D eigenvalue weighted by Crippen LogP contribution is -2.53. The molecule has 0 aliphatic rings. The van der Waals surface area contributed by atoms with Gasteiger partial charge in [-0.15, -0.1) is 0 Å². The maximum Gasteiger partial charge on any atom is 0.328 e. The van der Waals surface area contributed by atoms with E-state index in [2.05, 4.69) is 10.6 Å². The molecule has 0 saturated carbocycles. The van der Waals surface area contributed by atoms with Crippen molar-refractivity contribution in [1.82, 2.24) is 10.6 Å². The van der Waals surface area contributed by atoms with Crippen molar-refractivity contribution in [3.05, 3.63) is 0 Å². The lowest BCUT2D eigenvalue weighted by molar-refractivity contribution is -0.142. The summed E-state index contributed by atoms with van der Waals surface area (Å²) in [5, 5.41) is 13.8. The van der Waals surface area contributed by atoms with E-state index < -0.39 is 17.5 Å². The van der Waals surface area contributed by atoms with Crippen LogP contribution in [0.15, 0.2) is 0 Å². The first-order chi connectivity index (χ1) is 8.25. The van der Waals surface area contributed by atoms with Gasteiger partial charge in [0.15, 0.2) is 0 Å². The number of carbonyl (C=O) groups excluding carboxylic acids is 1. The van der Waals surface area contributed by atoms with Crippen LogP contribution in [-0.4, -0.2) is 41.9 Å². The van der Waals surface area contributed by atoms with Crippen LogP contribution >= 0.6 is 0 Å². The maximum absolute atomic E-state index is 11.4. The summed E-state index contributed by atoms with van der Waals surface area (Å²) < 4.78 is 5.35. The number of carboxylic acids is 1. The summed E-state index contributed by atoms with van der Waals surface area (Å²) in [5.41, 5.74) is -1.26. The van der Waals surface area contributed by atoms with Gasteiger partial charge in [-0.25, -0.2) is 9.59 Å². The second kappa shape index (κ2) is 7.92. The number of aliphatic carboxylic acids is 1. The Hall–Kier alpha value is -1.30. The Morgan fingerprint density at radius 1 is 1.28 bits per heavy atom. The van der Waals surface area contributed by atoms with Gasteiger partial charge in [-0.1, -0.05) is 0 Å². The number of amides is 2. The van der Waals surface area contributed by atoms with Gasteiger partial charge in [0.1, 0.15) is 5.54 Å². The molecule has 2 amide bonds. The molecule has 18 heavy (non-hydrogen) atoms. The van der Waals surface area contributed by atoms with E-state index in [9.17, 15) is 9.59 Å². The quantitative estimate of drug-likeness (QED) is 0.575. The molecule has 0 heterocycles. The van der Waals surface area contributed by atoms with E-state index in [4.69, 9.17) is 9.84 Å². The van der Waals surface area contributed by atoms with Crippen LogP contribution in [0.5, 0.6) is 0 Å². The van der Waals surface area contributed by atoms with E-state index in [1.54, 1.807) is 0 Å². The highest BCUT2D eigenvalue weighted by atomic mass is 16.5. The Morgan fingerprint density at radius 3 is 2.39 bits per heavy atom. The Morgan fingerprint density at radius 2 is 1.89 bits per heavy atom. The molecule has 0 aromatic rings. The van der Waals surface area contributed by atoms with Crippen LogP contribution in [0.2, 0.25) is 0 Å². The number of carboxylic acid groups (broad SMARTS) is 1. The lowest BCUT2D eigenvalue weighted by Gasteiger charge is -2.21. The molecule has 0 unspecified atom stereocenters. The number of hydrogen-bond acceptors (Lipinski definition) is 3. The molecule has 0 saturated heterocycles. The molecule has 0 bridgehead atoms. The smallest absolute Gasteiger partial charge is 0.328 e. The number of urea groups is 1. The Kier molecular flexibility index (Phi) is 7.35. The van der Waals surface area contributed by atoms with E-state index >= 15 is 0 Å². The van der Waals surface area contributed by atoms with Crippen molar-refractivity contribution in [2.75, 3.05) is 13.2 Å². The van der Waals surface area contributed by atoms with E-state index in [1.165, 1.54) is 13.8 Å². The van der Waals surface area contributed by atoms with Crippen molar-refractivity contribution in [2.24, 2.45) is 0 Å². The van der Waals surface area contributed by atoms with Crippen LogP contribution in [-0.2, 0) is 9.53 Å². The molecule has 0 atom stereocenters. The van der Waals surface area contributed by atoms with Crippen LogP contribution in [0, 0.1) is 0 Å². The number of carbonyl (C=O) groups is 2. The highest BCUT2D eigenvalue weighted by molar-refractivity contribution is 5.85. The van der Waals surface area contributed by atoms with Crippen molar-refractivity contribution >= 4 is 12.0 Å². The topological polar surface area (TPSA) is 87.7 Å². The van der Waals surface area contributed by atoms with E-state index in [1.807, 2.05) is 13.8 Å². The summed E-state index contributed by atoms with van der Waals surface area (Å²) in [6.45, 7) is 7.99. The third-order valence-corrected chi connectivity index (χ3v) is 2.27. The van der Waals surface area contributed by atoms with Crippen molar-refractivity contribution in [3.63, 3.8) is 0 Å². The monoisotopic (exact) mass is 260 g/mol. The molecule has 0 aliphatic heterocycles. The lowest BCUT2D eigenvalue weighted by atomic mass is 10.1. The van der Waals surface area contributed by atoms with E-state index in [0.29, 0.717) is 13.2 Å². The summed E-state index contributed by atoms with van der Waals surface area (Å²) >= 11 is 0. The summed E-state index contributed by atoms with van der Waals surface area (Å²) in [5.74, 6) is -1.07. The van der Waals surface area contributed by atoms with Crippen molar-refractivity contribution < 1.29 is 19.4 Å². The standard InChI is InChI=1S/C12H24N2O4/c1-9(2)18-8-6-5-7-13-11(17)14-12(3,4)10(15)16/h9H,5-8H2,1-4H3,(H,15,16)(H2,13,14,17). The van der Waals surface area contributed by atoms with Crippen LogP contribution in [0.1, 0.15) is 40.5 Å². The van der Waals surface area contributed by atoms with Gasteiger partial charge in [0.2, 0.25) is 0 Å². The van der Waals surface area contributed by atoms with Gasteiger partial charge in [0.05, 0.1) is 6.10 Å². The molecule has 0 aliphatic carbocycles. The molecule has 0 spiro atoms. The maximum atomic E-state index is 11.4. The molecule has 6 nitrogen and oxygen atoms in total. The SMILES string of the molecule is CC(C)OCCCCNC(=O)NC(C)(C)C(=O)O. The van der Waals surface area contributed by atoms with Crippen LogP contribution in [0.4, 0.5) is 4.79 Å². The second-order valence-corrected chi connectivity index (χ2v) is 4.94. The normalized spacial score (nSPS) is 11.4. The number of rotatable bonds is 8. The van der Waals surface area contributed by atoms with Crippen molar-refractivity contribution in [1.29, 1.82) is 0 Å². The molecule has 0 radical (unpaired) electrons. The van der Waals surface area contributed by atoms with E-state index in [-0.39, 0.29) is 6.10 Å². The third kappa shape index (κ3) is 7.89. The van der Waals surface area contributed by atoms with Gasteiger partial charge < -0.3 is 20.5 Å². The van der Waals surface area contributed by atoms with Gasteiger partial charge >= 0.3 is 12.0 Å². The van der Waals surface area contributed by atoms with E-state index in [0.717, 1.165) is 12.8 Å². The Balaban J connectivity index is 3.63. The predicted molar refractivity (Wildman–Crippen MR) is 68.6 cm³/mol. The average molecular weight is 260 g/mol. The zero-order chi connectivity index (χ0) is 14.2. The van der Waals surface area contributed by atoms with Crippen LogP contribution in [0.25, 0.3) is 0 Å². The predicted octanol–water partition coefficient (Wildman–Crippen LogP) is 1.35. The van der Waals surface area contributed by atoms with Crippen LogP contribution in [0.3, 0.4) is 0 Å². The average Bonchev–Trinajstić information content (AvgIpc) is 2.21. The minimum Gasteiger partial charge on any atom is -0.480 e. The highest BCUT2D eigenvalue weighted by Gasteiger charge is 2.28. The number of ether oxygens (including phenoxy) is 1. The molecule has 0 rings (SSSR count). The molecular weight excluding hydrogens is 236 g/mol. The number of unbranched alkanes of at least 4 members (excludes halogenated alkanes) is 1. The first-order valence-electron chi connectivity index (χ1n) is 6.16. The summed E-state index contributed by atoms with van der Waals surface area (Å²) in [7, 11) is 0. The molecule has 0 fully saturated rings. The molecule has 106 valence electrons. The first-order valence-corrected chi connectivity index (χ1v) is 6.16. The molecule has 3 N–H and O–H groups in total. The van der Waals surface area contributed by atoms with Gasteiger partial charge in [-0.3, -0.25) is 0 Å². The largest absolute Gasteiger partial charge is 0.480 e. The minimum atomic E-state index is -1.26. The number of hydrogen-bond donors (Lipinski definition) is 3. The van der Waals surface area contributed by atoms with Gasteiger partial charge in [0.25, 0.3) is 0 Å². The Bertz CT molecular complexity index is 277. The first kappa shape index (κ1) is 16.7. The van der Waals surface area contributed by atoms with Gasteiger partial charge in [-0.05, 0) is 40.5 Å². The second-order valence-electron chi connectivity index (χ2n) is 4.94. The van der Waals surface area contributed by atoms with Gasteiger partial charge in [-0.2, -0.15) is 0 Å². The molecule has 6 heteroatoms. The van der Waals surface area contributed by atoms with Crippen LogP contribution < -0.4 is 10.6 Å². The Labute approximate surface area is 108 Å². The summed E-state index contributed by atoms with van der Waals surface area (Å²) in [6, 6.07) is -0.466. The van der Waals surface area contributed by atoms with Crippen molar-refractivity contribution in [2.45, 2.75) is 52.2 Å². The zero-order valence-corrected chi connectivity index (χ0v) is 11.6. The summed E-state index contributed by atoms with van der Waals surface area (Å²) in [6.07, 6.45) is 1.88. The highest BCUT2D eigenvalue weighted by Crippen LogP contribution is 2.01. The third-order valence-electron chi connectivity index (χ3n) is 2.27. The fraction of sp³-hybridized carbons (Fsp3) is 0.833. The van der Waals surface area contributed by atoms with Gasteiger partial charge in [0, 0.05) is 13.2 Å². The fourth-order valence-electron chi connectivity index (χ4n) is 1.13. The summed E-state index contributed by atoms with van der Waals surface area (Å²) in [4.78, 5) is 22.2. The van der Waals surface area contributed by atoms with Crippen molar-refractivity contribution in [3.8, 4) is 0 Å². The minimum absolute atomic E-state index is 0.220. The zero-order valence-electron chi connectivity index (χ0n) is 11.6. The molecule has 0 aromatic heterocycles. The molecular formula is C12H24N2O4. The number of nitrogens with one attached hydrogen (secondary N) is 2. The fourth-order valence-corrected chi connectivity index (χ4v) is 1.13.